The Bertz CT molecular complexity index is 3070. The van der Waals surface area contributed by atoms with Crippen LogP contribution in [0.15, 0.2) is 150 Å². The number of benzene rings is 7. The van der Waals surface area contributed by atoms with Crippen molar-refractivity contribution in [2.75, 3.05) is 0 Å². The van der Waals surface area contributed by atoms with E-state index in [1.54, 1.807) is 32.7 Å². The van der Waals surface area contributed by atoms with E-state index in [2.05, 4.69) is 144 Å². The van der Waals surface area contributed by atoms with Crippen molar-refractivity contribution in [1.29, 1.82) is 0 Å². The number of nitrogens with zero attached hydrogens (tertiary/aromatic N) is 1. The molecule has 0 atom stereocenters. The number of hydrogen-bond donors (Lipinski definition) is 1. The normalized spacial score (nSPS) is 12.6. The van der Waals surface area contributed by atoms with Crippen LogP contribution in [0.2, 0.25) is 0 Å². The van der Waals surface area contributed by atoms with E-state index in [-0.39, 0.29) is 0 Å². The molecule has 6 heteroatoms. The molecule has 54 heavy (non-hydrogen) atoms. The number of para-hydroxylation sites is 3. The highest BCUT2D eigenvalue weighted by Crippen LogP contribution is 2.44. The van der Waals surface area contributed by atoms with E-state index in [0.29, 0.717) is 0 Å². The van der Waals surface area contributed by atoms with E-state index in [0.717, 1.165) is 66.1 Å². The third kappa shape index (κ3) is 5.13. The first-order valence-electron chi connectivity index (χ1n) is 18.4. The molecule has 0 aliphatic heterocycles. The Hall–Kier alpha value is -5.66. The monoisotopic (exact) mass is 718 g/mol. The van der Waals surface area contributed by atoms with Crippen molar-refractivity contribution in [1.82, 2.24) is 4.57 Å². The quantitative estimate of drug-likeness (QED) is 0.167. The van der Waals surface area contributed by atoms with E-state index < -0.39 is 11.2 Å². The van der Waals surface area contributed by atoms with Gasteiger partial charge in [-0.05, 0) is 110 Å². The van der Waals surface area contributed by atoms with Crippen molar-refractivity contribution in [2.45, 2.75) is 38.9 Å². The molecule has 10 rings (SSSR count). The van der Waals surface area contributed by atoms with Crippen LogP contribution >= 0.6 is 11.3 Å². The summed E-state index contributed by atoms with van der Waals surface area (Å²) in [6.45, 7) is 7.38. The summed E-state index contributed by atoms with van der Waals surface area (Å²) in [4.78, 5) is 0. The van der Waals surface area contributed by atoms with Gasteiger partial charge in [0.2, 0.25) is 0 Å². The lowest BCUT2D eigenvalue weighted by Crippen LogP contribution is -2.49. The average Bonchev–Trinajstić information content (AvgIpc) is 3.86. The maximum atomic E-state index is 10.7. The van der Waals surface area contributed by atoms with Gasteiger partial charge in [-0.3, -0.25) is 0 Å². The number of aliphatic hydroxyl groups is 1. The summed E-state index contributed by atoms with van der Waals surface area (Å²) in [7, 11) is 1.80. The van der Waals surface area contributed by atoms with Crippen molar-refractivity contribution >= 4 is 88.2 Å². The highest BCUT2D eigenvalue weighted by atomic mass is 32.1. The smallest absolute Gasteiger partial charge is 0.331 e. The highest BCUT2D eigenvalue weighted by Gasteiger charge is 2.36. The van der Waals surface area contributed by atoms with Crippen LogP contribution in [0.25, 0.3) is 91.9 Å². The van der Waals surface area contributed by atoms with Crippen LogP contribution in [0.5, 0.6) is 0 Å². The largest absolute Gasteiger partial charge is 0.455 e. The van der Waals surface area contributed by atoms with E-state index in [1.807, 2.05) is 19.9 Å². The maximum Gasteiger partial charge on any atom is 0.331 e. The van der Waals surface area contributed by atoms with Crippen LogP contribution < -0.4 is 5.46 Å². The maximum absolute atomic E-state index is 10.7. The number of thiophene rings is 1. The lowest BCUT2D eigenvalue weighted by atomic mass is 9.80. The molecule has 1 N–H and O–H groups in total. The Kier molecular flexibility index (Phi) is 7.44. The molecule has 0 bridgehead atoms. The van der Waals surface area contributed by atoms with E-state index in [9.17, 15) is 5.11 Å². The molecule has 261 valence electrons. The first kappa shape index (κ1) is 33.0. The Labute approximate surface area is 318 Å². The fourth-order valence-corrected chi connectivity index (χ4v) is 8.88. The molecule has 0 unspecified atom stereocenters. The molecular formula is C48H37BNO3S. The molecule has 0 amide bonds. The summed E-state index contributed by atoms with van der Waals surface area (Å²) in [5.41, 5.74) is 8.84. The SMILES string of the molecule is CC(C)(O)C(C)(C)O[B]c1cccc2sc3ccc(-c4ccc(-c5ccc6c7ccccc7n(-c7ccccc7)c6c5)c5c4oc4ccccc45)cc3c12. The zero-order valence-corrected chi connectivity index (χ0v) is 31.4. The first-order chi connectivity index (χ1) is 26.2. The van der Waals surface area contributed by atoms with Crippen molar-refractivity contribution in [3.8, 4) is 27.9 Å². The molecule has 1 radical (unpaired) electrons. The fourth-order valence-electron chi connectivity index (χ4n) is 7.76. The summed E-state index contributed by atoms with van der Waals surface area (Å²) in [5.74, 6) is 0. The van der Waals surface area contributed by atoms with Gasteiger partial charge in [-0.2, -0.15) is 0 Å². The Morgan fingerprint density at radius 2 is 1.30 bits per heavy atom. The lowest BCUT2D eigenvalue weighted by Gasteiger charge is -2.37. The lowest BCUT2D eigenvalue weighted by molar-refractivity contribution is -0.0893. The first-order valence-corrected chi connectivity index (χ1v) is 19.2. The molecule has 0 spiro atoms. The number of rotatable bonds is 7. The van der Waals surface area contributed by atoms with Gasteiger partial charge in [0.1, 0.15) is 11.2 Å². The van der Waals surface area contributed by atoms with Gasteiger partial charge >= 0.3 is 7.48 Å². The summed E-state index contributed by atoms with van der Waals surface area (Å²) in [6, 6.07) is 52.0. The molecular weight excluding hydrogens is 681 g/mol. The van der Waals surface area contributed by atoms with Crippen LogP contribution in [0.4, 0.5) is 0 Å². The van der Waals surface area contributed by atoms with E-state index >= 15 is 0 Å². The zero-order chi connectivity index (χ0) is 36.8. The second-order valence-corrected chi connectivity index (χ2v) is 16.3. The highest BCUT2D eigenvalue weighted by molar-refractivity contribution is 7.26. The fraction of sp³-hybridized carbons (Fsp3) is 0.125. The molecule has 0 aliphatic rings. The topological polar surface area (TPSA) is 47.5 Å². The van der Waals surface area contributed by atoms with Crippen LogP contribution in [-0.2, 0) is 4.65 Å². The summed E-state index contributed by atoms with van der Waals surface area (Å²) >= 11 is 1.78. The second-order valence-electron chi connectivity index (χ2n) is 15.2. The van der Waals surface area contributed by atoms with Gasteiger partial charge in [0, 0.05) is 47.6 Å². The average molecular weight is 719 g/mol. The van der Waals surface area contributed by atoms with Gasteiger partial charge in [0.15, 0.2) is 0 Å². The number of fused-ring (bicyclic) bond motifs is 9. The number of hydrogen-bond acceptors (Lipinski definition) is 4. The molecule has 0 fully saturated rings. The third-order valence-corrected chi connectivity index (χ3v) is 12.5. The van der Waals surface area contributed by atoms with Crippen molar-refractivity contribution in [3.63, 3.8) is 0 Å². The van der Waals surface area contributed by atoms with Crippen LogP contribution in [0.1, 0.15) is 27.7 Å². The standard InChI is InChI=1S/C48H37BNO3S/c1-47(2,51)48(3,4)53-49-38-17-12-20-43-45(38)37-27-29(22-26-42(37)54-43)33-25-24-32(44-36-16-9-11-19-41(36)52-46(33)44)30-21-23-35-34-15-8-10-18-39(34)50(40(35)28-30)31-13-6-5-7-14-31/h5-28,51H,1-4H3. The van der Waals surface area contributed by atoms with Crippen LogP contribution in [0.3, 0.4) is 0 Å². The molecule has 4 nitrogen and oxygen atoms in total. The summed E-state index contributed by atoms with van der Waals surface area (Å²) in [5, 5.41) is 17.7. The number of aromatic nitrogens is 1. The third-order valence-electron chi connectivity index (χ3n) is 11.3. The van der Waals surface area contributed by atoms with Gasteiger partial charge in [0.25, 0.3) is 0 Å². The van der Waals surface area contributed by atoms with Gasteiger partial charge in [-0.15, -0.1) is 11.3 Å². The van der Waals surface area contributed by atoms with Crippen molar-refractivity contribution in [3.05, 3.63) is 146 Å². The van der Waals surface area contributed by atoms with E-state index in [4.69, 9.17) is 9.07 Å². The van der Waals surface area contributed by atoms with E-state index in [1.165, 1.54) is 31.2 Å². The predicted molar refractivity (Wildman–Crippen MR) is 229 cm³/mol. The van der Waals surface area contributed by atoms with Crippen LogP contribution in [0, 0.1) is 0 Å². The van der Waals surface area contributed by atoms with Crippen molar-refractivity contribution < 1.29 is 14.2 Å². The summed E-state index contributed by atoms with van der Waals surface area (Å²) < 4.78 is 17.8. The Morgan fingerprint density at radius 1 is 0.593 bits per heavy atom. The molecule has 0 aliphatic carbocycles. The van der Waals surface area contributed by atoms with Crippen LogP contribution in [-0.4, -0.2) is 28.4 Å². The second kappa shape index (κ2) is 12.2. The van der Waals surface area contributed by atoms with Gasteiger partial charge < -0.3 is 18.7 Å². The van der Waals surface area contributed by atoms with Crippen molar-refractivity contribution in [2.24, 2.45) is 0 Å². The zero-order valence-electron chi connectivity index (χ0n) is 30.6. The van der Waals surface area contributed by atoms with Gasteiger partial charge in [0.05, 0.1) is 22.2 Å². The molecule has 3 aromatic heterocycles. The minimum Gasteiger partial charge on any atom is -0.455 e. The molecule has 0 saturated carbocycles. The molecule has 10 aromatic rings. The Morgan fingerprint density at radius 3 is 2.13 bits per heavy atom. The molecule has 7 aromatic carbocycles. The summed E-state index contributed by atoms with van der Waals surface area (Å²) in [6.07, 6.45) is 0. The Balaban J connectivity index is 1.16. The van der Waals surface area contributed by atoms with Gasteiger partial charge in [-0.25, -0.2) is 0 Å². The molecule has 0 saturated heterocycles. The number of furan rings is 1. The predicted octanol–water partition coefficient (Wildman–Crippen LogP) is 12.2. The molecule has 3 heterocycles. The minimum atomic E-state index is -1.02. The minimum absolute atomic E-state index is 0.774. The van der Waals surface area contributed by atoms with Gasteiger partial charge in [-0.1, -0.05) is 91.0 Å².